The number of rotatable bonds is 4. The van der Waals surface area contributed by atoms with E-state index in [1.165, 1.54) is 10.8 Å². The third-order valence-electron chi connectivity index (χ3n) is 9.23. The van der Waals surface area contributed by atoms with E-state index in [1.54, 1.807) is 0 Å². The lowest BCUT2D eigenvalue weighted by atomic mass is 9.93. The molecule has 220 valence electrons. The first kappa shape index (κ1) is 25.8. The Labute approximate surface area is 268 Å². The fourth-order valence-corrected chi connectivity index (χ4v) is 7.19. The van der Waals surface area contributed by atoms with Crippen LogP contribution in [0, 0.1) is 0 Å². The number of nitrogens with zero attached hydrogens (tertiary/aromatic N) is 3. The van der Waals surface area contributed by atoms with Gasteiger partial charge in [0.25, 0.3) is 0 Å². The molecule has 0 unspecified atom stereocenters. The summed E-state index contributed by atoms with van der Waals surface area (Å²) in [6.07, 6.45) is 0. The molecule has 0 aliphatic carbocycles. The lowest BCUT2D eigenvalue weighted by molar-refractivity contribution is 0.669. The molecule has 0 radical (unpaired) electrons. The van der Waals surface area contributed by atoms with Crippen LogP contribution >= 0.6 is 0 Å². The molecule has 10 rings (SSSR count). The number of hydrogen-bond acceptors (Lipinski definition) is 4. The van der Waals surface area contributed by atoms with Gasteiger partial charge in [0.05, 0.1) is 22.1 Å². The van der Waals surface area contributed by atoms with Gasteiger partial charge in [-0.3, -0.25) is 0 Å². The van der Waals surface area contributed by atoms with Crippen LogP contribution in [0.4, 0.5) is 0 Å². The minimum Gasteiger partial charge on any atom is -0.456 e. The molecule has 0 atom stereocenters. The Bertz CT molecular complexity index is 2790. The van der Waals surface area contributed by atoms with Crippen molar-refractivity contribution in [3.05, 3.63) is 140 Å². The highest BCUT2D eigenvalue weighted by molar-refractivity contribution is 6.24. The molecular formula is C41H25N5O. The number of nitrogens with one attached hydrogen (secondary N) is 2. The van der Waals surface area contributed by atoms with Crippen LogP contribution in [0.3, 0.4) is 0 Å². The lowest BCUT2D eigenvalue weighted by Gasteiger charge is -2.14. The van der Waals surface area contributed by atoms with Crippen LogP contribution in [-0.4, -0.2) is 25.4 Å². The summed E-state index contributed by atoms with van der Waals surface area (Å²) in [7, 11) is 0. The van der Waals surface area contributed by atoms with Gasteiger partial charge in [0.15, 0.2) is 0 Å². The molecule has 6 aromatic carbocycles. The number of fused-ring (bicyclic) bond motifs is 8. The Hall–Kier alpha value is -6.53. The van der Waals surface area contributed by atoms with Crippen molar-refractivity contribution in [3.8, 4) is 44.9 Å². The summed E-state index contributed by atoms with van der Waals surface area (Å²) in [5.41, 5.74) is 12.2. The second kappa shape index (κ2) is 9.99. The highest BCUT2D eigenvalue weighted by Gasteiger charge is 2.26. The van der Waals surface area contributed by atoms with E-state index in [1.807, 2.05) is 48.5 Å². The van der Waals surface area contributed by atoms with Gasteiger partial charge in [-0.15, -0.1) is 10.2 Å². The van der Waals surface area contributed by atoms with E-state index in [4.69, 9.17) is 9.52 Å². The SMILES string of the molecule is c1ccc(-c2nnnc(-c3[nH]c4c(ccc5oc6ccccc6c54)c3-c3cccc4c3[nH]c3ccccc34)c2-c2ccccc2)cc1. The fraction of sp³-hybridized carbons (Fsp3) is 0. The average molecular weight is 604 g/mol. The zero-order valence-electron chi connectivity index (χ0n) is 25.0. The van der Waals surface area contributed by atoms with Crippen LogP contribution in [0.25, 0.3) is 99.5 Å². The first-order chi connectivity index (χ1) is 23.3. The molecule has 10 aromatic rings. The Morgan fingerprint density at radius 3 is 2.00 bits per heavy atom. The second-order valence-corrected chi connectivity index (χ2v) is 11.8. The van der Waals surface area contributed by atoms with Gasteiger partial charge < -0.3 is 14.4 Å². The molecule has 4 aromatic heterocycles. The van der Waals surface area contributed by atoms with Gasteiger partial charge in [0, 0.05) is 49.3 Å². The minimum absolute atomic E-state index is 0.727. The van der Waals surface area contributed by atoms with E-state index in [-0.39, 0.29) is 0 Å². The summed E-state index contributed by atoms with van der Waals surface area (Å²) in [6, 6.07) is 47.9. The molecular weight excluding hydrogens is 578 g/mol. The van der Waals surface area contributed by atoms with Gasteiger partial charge in [-0.05, 0) is 35.0 Å². The first-order valence-corrected chi connectivity index (χ1v) is 15.6. The summed E-state index contributed by atoms with van der Waals surface area (Å²) in [5.74, 6) is 0. The summed E-state index contributed by atoms with van der Waals surface area (Å²) >= 11 is 0. The molecule has 0 spiro atoms. The number of aromatic amines is 2. The van der Waals surface area contributed by atoms with Gasteiger partial charge in [-0.25, -0.2) is 0 Å². The van der Waals surface area contributed by atoms with Gasteiger partial charge in [0.1, 0.15) is 22.6 Å². The molecule has 0 aliphatic rings. The highest BCUT2D eigenvalue weighted by Crippen LogP contribution is 2.47. The monoisotopic (exact) mass is 603 g/mol. The summed E-state index contributed by atoms with van der Waals surface area (Å²) < 4.78 is 6.34. The quantitative estimate of drug-likeness (QED) is 0.210. The van der Waals surface area contributed by atoms with Crippen LogP contribution in [0.5, 0.6) is 0 Å². The smallest absolute Gasteiger partial charge is 0.137 e. The Balaban J connectivity index is 1.38. The van der Waals surface area contributed by atoms with E-state index in [0.29, 0.717) is 0 Å². The van der Waals surface area contributed by atoms with E-state index < -0.39 is 0 Å². The number of benzene rings is 6. The van der Waals surface area contributed by atoms with E-state index in [2.05, 4.69) is 111 Å². The van der Waals surface area contributed by atoms with Gasteiger partial charge in [-0.2, -0.15) is 0 Å². The predicted octanol–water partition coefficient (Wildman–Crippen LogP) is 10.6. The molecule has 0 saturated carbocycles. The molecule has 0 aliphatic heterocycles. The predicted molar refractivity (Wildman–Crippen MR) is 190 cm³/mol. The fourth-order valence-electron chi connectivity index (χ4n) is 7.19. The van der Waals surface area contributed by atoms with Crippen molar-refractivity contribution < 1.29 is 4.42 Å². The third kappa shape index (κ3) is 3.82. The standard InChI is InChI=1S/C41H25N5O/c1-3-12-24(13-4-1)34-37(25-14-5-2-6-15-25)44-46-45-41(34)40-35(29-19-11-18-27-26-16-7-9-20-31(26)42-38(27)29)30-22-23-33-36(39(30)43-40)28-17-8-10-21-32(28)47-33/h1-23,42-43H. The van der Waals surface area contributed by atoms with Crippen molar-refractivity contribution >= 4 is 54.6 Å². The van der Waals surface area contributed by atoms with Crippen molar-refractivity contribution in [2.24, 2.45) is 0 Å². The Morgan fingerprint density at radius 1 is 0.447 bits per heavy atom. The van der Waals surface area contributed by atoms with Crippen LogP contribution in [0.2, 0.25) is 0 Å². The van der Waals surface area contributed by atoms with Crippen molar-refractivity contribution in [2.45, 2.75) is 0 Å². The van der Waals surface area contributed by atoms with E-state index >= 15 is 0 Å². The summed E-state index contributed by atoms with van der Waals surface area (Å²) in [5, 5.41) is 19.4. The maximum Gasteiger partial charge on any atom is 0.137 e. The Kier molecular flexibility index (Phi) is 5.48. The molecule has 6 nitrogen and oxygen atoms in total. The highest BCUT2D eigenvalue weighted by atomic mass is 16.3. The van der Waals surface area contributed by atoms with Gasteiger partial charge >= 0.3 is 0 Å². The number of aromatic nitrogens is 5. The van der Waals surface area contributed by atoms with E-state index in [0.717, 1.165) is 88.8 Å². The third-order valence-corrected chi connectivity index (χ3v) is 9.23. The topological polar surface area (TPSA) is 83.4 Å². The largest absolute Gasteiger partial charge is 0.456 e. The average Bonchev–Trinajstić information content (AvgIpc) is 3.83. The van der Waals surface area contributed by atoms with E-state index in [9.17, 15) is 0 Å². The number of hydrogen-bond donors (Lipinski definition) is 2. The van der Waals surface area contributed by atoms with Gasteiger partial charge in [-0.1, -0.05) is 115 Å². The van der Waals surface area contributed by atoms with Gasteiger partial charge in [0.2, 0.25) is 0 Å². The molecule has 0 saturated heterocycles. The maximum absolute atomic E-state index is 6.34. The Morgan fingerprint density at radius 2 is 1.15 bits per heavy atom. The van der Waals surface area contributed by atoms with Crippen molar-refractivity contribution in [2.75, 3.05) is 0 Å². The molecule has 4 heterocycles. The minimum atomic E-state index is 0.727. The summed E-state index contributed by atoms with van der Waals surface area (Å²) in [6.45, 7) is 0. The van der Waals surface area contributed by atoms with Crippen LogP contribution in [0.1, 0.15) is 0 Å². The van der Waals surface area contributed by atoms with Crippen LogP contribution in [-0.2, 0) is 0 Å². The number of furan rings is 1. The zero-order chi connectivity index (χ0) is 30.9. The number of H-pyrrole nitrogens is 2. The molecule has 47 heavy (non-hydrogen) atoms. The van der Waals surface area contributed by atoms with Crippen LogP contribution < -0.4 is 0 Å². The van der Waals surface area contributed by atoms with Crippen LogP contribution in [0.15, 0.2) is 144 Å². The molecule has 0 fully saturated rings. The van der Waals surface area contributed by atoms with Crippen molar-refractivity contribution in [3.63, 3.8) is 0 Å². The zero-order valence-corrected chi connectivity index (χ0v) is 25.0. The van der Waals surface area contributed by atoms with Crippen molar-refractivity contribution in [1.82, 2.24) is 25.4 Å². The van der Waals surface area contributed by atoms with Crippen molar-refractivity contribution in [1.29, 1.82) is 0 Å². The molecule has 6 heteroatoms. The molecule has 0 bridgehead atoms. The number of para-hydroxylation sites is 3. The second-order valence-electron chi connectivity index (χ2n) is 11.8. The molecule has 0 amide bonds. The maximum atomic E-state index is 6.34. The normalized spacial score (nSPS) is 11.8. The first-order valence-electron chi connectivity index (χ1n) is 15.6. The summed E-state index contributed by atoms with van der Waals surface area (Å²) in [4.78, 5) is 7.63. The lowest BCUT2D eigenvalue weighted by Crippen LogP contribution is -2.01. The molecule has 2 N–H and O–H groups in total.